The Balaban J connectivity index is 1.69. The molecule has 1 aliphatic rings. The number of hydrogen-bond acceptors (Lipinski definition) is 2. The highest BCUT2D eigenvalue weighted by Gasteiger charge is 2.24. The molecule has 1 atom stereocenters. The normalized spacial score (nSPS) is 16.6. The lowest BCUT2D eigenvalue weighted by Crippen LogP contribution is -2.26. The van der Waals surface area contributed by atoms with Crippen LogP contribution in [0.25, 0.3) is 0 Å². The Kier molecular flexibility index (Phi) is 3.22. The standard InChI is InChI=1S/C16H19N3O/c1-11-7-8-12(2)19(11)18-16(20)9-13-10-17-15-6-4-3-5-14(13)15/h3-8,13,17H,9-10H2,1-2H3,(H,18,20). The van der Waals surface area contributed by atoms with E-state index >= 15 is 0 Å². The predicted molar refractivity (Wildman–Crippen MR) is 80.6 cm³/mol. The van der Waals surface area contributed by atoms with Gasteiger partial charge in [-0.15, -0.1) is 0 Å². The summed E-state index contributed by atoms with van der Waals surface area (Å²) in [5.41, 5.74) is 7.44. The molecule has 0 spiro atoms. The Morgan fingerprint density at radius 3 is 2.70 bits per heavy atom. The van der Waals surface area contributed by atoms with Crippen LogP contribution in [-0.2, 0) is 4.79 Å². The molecule has 3 rings (SSSR count). The van der Waals surface area contributed by atoms with Crippen molar-refractivity contribution in [2.75, 3.05) is 17.3 Å². The van der Waals surface area contributed by atoms with Gasteiger partial charge in [0.15, 0.2) is 0 Å². The SMILES string of the molecule is Cc1ccc(C)n1NC(=O)CC1CNc2ccccc21. The number of aryl methyl sites for hydroxylation is 2. The number of carbonyl (C=O) groups is 1. The number of anilines is 1. The van der Waals surface area contributed by atoms with Crippen LogP contribution in [0.5, 0.6) is 0 Å². The van der Waals surface area contributed by atoms with Crippen molar-refractivity contribution in [1.29, 1.82) is 0 Å². The van der Waals surface area contributed by atoms with E-state index in [1.54, 1.807) is 0 Å². The molecule has 0 radical (unpaired) electrons. The molecule has 4 nitrogen and oxygen atoms in total. The van der Waals surface area contributed by atoms with E-state index in [-0.39, 0.29) is 11.8 Å². The van der Waals surface area contributed by atoms with Crippen molar-refractivity contribution in [2.45, 2.75) is 26.2 Å². The molecule has 0 bridgehead atoms. The Hall–Kier alpha value is -2.23. The smallest absolute Gasteiger partial charge is 0.239 e. The monoisotopic (exact) mass is 269 g/mol. The number of amides is 1. The number of aromatic nitrogens is 1. The van der Waals surface area contributed by atoms with Crippen LogP contribution in [0.15, 0.2) is 36.4 Å². The Morgan fingerprint density at radius 1 is 1.25 bits per heavy atom. The summed E-state index contributed by atoms with van der Waals surface area (Å²) in [5, 5.41) is 3.35. The Bertz CT molecular complexity index is 625. The van der Waals surface area contributed by atoms with Crippen LogP contribution in [0.3, 0.4) is 0 Å². The number of benzene rings is 1. The fourth-order valence-electron chi connectivity index (χ4n) is 2.78. The van der Waals surface area contributed by atoms with Crippen LogP contribution in [0.2, 0.25) is 0 Å². The van der Waals surface area contributed by atoms with Gasteiger partial charge in [0.1, 0.15) is 0 Å². The third-order valence-electron chi connectivity index (χ3n) is 3.88. The highest BCUT2D eigenvalue weighted by molar-refractivity contribution is 5.85. The fourth-order valence-corrected chi connectivity index (χ4v) is 2.78. The van der Waals surface area contributed by atoms with Gasteiger partial charge in [-0.3, -0.25) is 14.9 Å². The van der Waals surface area contributed by atoms with Crippen molar-refractivity contribution >= 4 is 11.6 Å². The summed E-state index contributed by atoms with van der Waals surface area (Å²) < 4.78 is 1.84. The second kappa shape index (κ2) is 5.04. The van der Waals surface area contributed by atoms with E-state index in [1.807, 2.05) is 42.8 Å². The second-order valence-electron chi connectivity index (χ2n) is 5.36. The number of hydrogen-bond donors (Lipinski definition) is 2. The molecule has 104 valence electrons. The quantitative estimate of drug-likeness (QED) is 0.900. The van der Waals surface area contributed by atoms with Gasteiger partial charge < -0.3 is 5.32 Å². The zero-order valence-corrected chi connectivity index (χ0v) is 11.8. The summed E-state index contributed by atoms with van der Waals surface area (Å²) in [6.45, 7) is 4.80. The number of fused-ring (bicyclic) bond motifs is 1. The average Bonchev–Trinajstić information content (AvgIpc) is 2.98. The van der Waals surface area contributed by atoms with E-state index in [9.17, 15) is 4.79 Å². The first kappa shape index (κ1) is 12.8. The third kappa shape index (κ3) is 2.29. The molecule has 2 aromatic rings. The molecular formula is C16H19N3O. The lowest BCUT2D eigenvalue weighted by molar-refractivity contribution is -0.117. The van der Waals surface area contributed by atoms with Crippen LogP contribution in [0.1, 0.15) is 29.3 Å². The molecule has 2 heterocycles. The summed E-state index contributed by atoms with van der Waals surface area (Å²) >= 11 is 0. The number of para-hydroxylation sites is 1. The first-order valence-corrected chi connectivity index (χ1v) is 6.93. The van der Waals surface area contributed by atoms with Crippen LogP contribution < -0.4 is 10.7 Å². The number of nitrogens with zero attached hydrogens (tertiary/aromatic N) is 1. The Labute approximate surface area is 118 Å². The van der Waals surface area contributed by atoms with Crippen LogP contribution in [0, 0.1) is 13.8 Å². The van der Waals surface area contributed by atoms with E-state index < -0.39 is 0 Å². The summed E-state index contributed by atoms with van der Waals surface area (Å²) in [4.78, 5) is 12.2. The van der Waals surface area contributed by atoms with Gasteiger partial charge in [-0.2, -0.15) is 0 Å². The molecule has 0 aliphatic carbocycles. The zero-order valence-electron chi connectivity index (χ0n) is 11.8. The summed E-state index contributed by atoms with van der Waals surface area (Å²) in [6.07, 6.45) is 0.501. The zero-order chi connectivity index (χ0) is 14.1. The molecule has 4 heteroatoms. The second-order valence-corrected chi connectivity index (χ2v) is 5.36. The maximum atomic E-state index is 12.2. The van der Waals surface area contributed by atoms with E-state index in [0.29, 0.717) is 6.42 Å². The lowest BCUT2D eigenvalue weighted by atomic mass is 9.98. The molecule has 1 unspecified atom stereocenters. The summed E-state index contributed by atoms with van der Waals surface area (Å²) in [6, 6.07) is 12.2. The van der Waals surface area contributed by atoms with Gasteiger partial charge in [0.2, 0.25) is 5.91 Å². The van der Waals surface area contributed by atoms with Gasteiger partial charge in [0, 0.05) is 36.0 Å². The number of rotatable bonds is 3. The van der Waals surface area contributed by atoms with Crippen LogP contribution in [-0.4, -0.2) is 17.1 Å². The fraction of sp³-hybridized carbons (Fsp3) is 0.312. The molecule has 20 heavy (non-hydrogen) atoms. The third-order valence-corrected chi connectivity index (χ3v) is 3.88. The molecule has 0 saturated heterocycles. The van der Waals surface area contributed by atoms with Crippen molar-refractivity contribution < 1.29 is 4.79 Å². The van der Waals surface area contributed by atoms with Crippen molar-refractivity contribution in [2.24, 2.45) is 0 Å². The highest BCUT2D eigenvalue weighted by Crippen LogP contribution is 2.33. The van der Waals surface area contributed by atoms with E-state index in [1.165, 1.54) is 5.56 Å². The number of nitrogens with one attached hydrogen (secondary N) is 2. The van der Waals surface area contributed by atoms with Gasteiger partial charge in [-0.25, -0.2) is 0 Å². The first-order valence-electron chi connectivity index (χ1n) is 6.93. The minimum atomic E-state index is 0.0518. The molecule has 0 fully saturated rings. The van der Waals surface area contributed by atoms with Gasteiger partial charge in [-0.1, -0.05) is 18.2 Å². The first-order chi connectivity index (χ1) is 9.65. The topological polar surface area (TPSA) is 46.1 Å². The molecule has 2 N–H and O–H groups in total. The van der Waals surface area contributed by atoms with Crippen LogP contribution in [0.4, 0.5) is 5.69 Å². The van der Waals surface area contributed by atoms with Gasteiger partial charge in [0.05, 0.1) is 0 Å². The Morgan fingerprint density at radius 2 is 1.95 bits per heavy atom. The molecule has 1 amide bonds. The largest absolute Gasteiger partial charge is 0.384 e. The van der Waals surface area contributed by atoms with Crippen LogP contribution >= 0.6 is 0 Å². The molecular weight excluding hydrogens is 250 g/mol. The maximum absolute atomic E-state index is 12.2. The van der Waals surface area contributed by atoms with E-state index in [2.05, 4.69) is 22.9 Å². The van der Waals surface area contributed by atoms with E-state index in [0.717, 1.165) is 23.6 Å². The molecule has 1 aromatic heterocycles. The van der Waals surface area contributed by atoms with Crippen molar-refractivity contribution in [3.8, 4) is 0 Å². The minimum Gasteiger partial charge on any atom is -0.384 e. The van der Waals surface area contributed by atoms with Gasteiger partial charge >= 0.3 is 0 Å². The van der Waals surface area contributed by atoms with Gasteiger partial charge in [0.25, 0.3) is 0 Å². The number of carbonyl (C=O) groups excluding carboxylic acids is 1. The van der Waals surface area contributed by atoms with Crippen molar-refractivity contribution in [3.05, 3.63) is 53.3 Å². The minimum absolute atomic E-state index is 0.0518. The van der Waals surface area contributed by atoms with Crippen molar-refractivity contribution in [3.63, 3.8) is 0 Å². The molecule has 1 aliphatic heterocycles. The summed E-state index contributed by atoms with van der Waals surface area (Å²) in [7, 11) is 0. The average molecular weight is 269 g/mol. The van der Waals surface area contributed by atoms with Crippen molar-refractivity contribution in [1.82, 2.24) is 4.68 Å². The maximum Gasteiger partial charge on any atom is 0.239 e. The van der Waals surface area contributed by atoms with E-state index in [4.69, 9.17) is 0 Å². The highest BCUT2D eigenvalue weighted by atomic mass is 16.2. The summed E-state index contributed by atoms with van der Waals surface area (Å²) in [5.74, 6) is 0.304. The molecule has 0 saturated carbocycles. The predicted octanol–water partition coefficient (Wildman–Crippen LogP) is 2.77. The molecule has 1 aromatic carbocycles. The lowest BCUT2D eigenvalue weighted by Gasteiger charge is -2.14. The van der Waals surface area contributed by atoms with Gasteiger partial charge in [-0.05, 0) is 37.6 Å².